The molecule has 0 fully saturated rings. The zero-order valence-corrected chi connectivity index (χ0v) is 7.93. The van der Waals surface area contributed by atoms with Gasteiger partial charge < -0.3 is 5.73 Å². The van der Waals surface area contributed by atoms with Crippen LogP contribution in [-0.4, -0.2) is 13.4 Å². The molecule has 0 unspecified atom stereocenters. The number of alkyl halides is 2. The highest BCUT2D eigenvalue weighted by molar-refractivity contribution is 7.89. The van der Waals surface area contributed by atoms with Crippen LogP contribution in [0.5, 0.6) is 0 Å². The van der Waals surface area contributed by atoms with Crippen LogP contribution in [0.15, 0.2) is 11.0 Å². The topological polar surface area (TPSA) is 99.1 Å². The maximum absolute atomic E-state index is 13.0. The van der Waals surface area contributed by atoms with Gasteiger partial charge in [-0.2, -0.15) is 4.39 Å². The summed E-state index contributed by atoms with van der Waals surface area (Å²) in [5.41, 5.74) is 3.89. The van der Waals surface area contributed by atoms with Gasteiger partial charge in [-0.25, -0.2) is 27.3 Å². The Morgan fingerprint density at radius 1 is 1.40 bits per heavy atom. The number of rotatable bonds is 2. The molecule has 0 radical (unpaired) electrons. The smallest absolute Gasteiger partial charge is 0.265 e. The van der Waals surface area contributed by atoms with E-state index in [2.05, 4.69) is 10.1 Å². The lowest BCUT2D eigenvalue weighted by Gasteiger charge is -2.07. The molecule has 0 aromatic carbocycles. The average Bonchev–Trinajstić information content (AvgIpc) is 1.99. The van der Waals surface area contributed by atoms with Gasteiger partial charge in [-0.3, -0.25) is 0 Å². The zero-order valence-electron chi connectivity index (χ0n) is 7.12. The Morgan fingerprint density at radius 2 is 1.93 bits per heavy atom. The van der Waals surface area contributed by atoms with Crippen molar-refractivity contribution < 1.29 is 21.6 Å². The van der Waals surface area contributed by atoms with Gasteiger partial charge in [0.25, 0.3) is 6.43 Å². The minimum absolute atomic E-state index is 0.546. The number of nitrogens with two attached hydrogens (primary N) is 2. The molecule has 9 heteroatoms. The van der Waals surface area contributed by atoms with E-state index < -0.39 is 38.7 Å². The van der Waals surface area contributed by atoms with Crippen LogP contribution in [0.3, 0.4) is 0 Å². The third-order valence-corrected chi connectivity index (χ3v) is 2.47. The molecular formula is C6H6F3N3O2S. The summed E-state index contributed by atoms with van der Waals surface area (Å²) in [5, 5.41) is 4.56. The summed E-state index contributed by atoms with van der Waals surface area (Å²) in [4.78, 5) is 1.57. The molecule has 15 heavy (non-hydrogen) atoms. The number of anilines is 1. The third kappa shape index (κ3) is 2.36. The lowest BCUT2D eigenvalue weighted by Crippen LogP contribution is -2.18. The lowest BCUT2D eigenvalue weighted by molar-refractivity contribution is 0.146. The third-order valence-electron chi connectivity index (χ3n) is 1.50. The van der Waals surface area contributed by atoms with Crippen LogP contribution in [0.4, 0.5) is 19.0 Å². The Bertz CT molecular complexity index is 489. The quantitative estimate of drug-likeness (QED) is 0.731. The highest BCUT2D eigenvalue weighted by Gasteiger charge is 2.26. The molecule has 0 saturated carbocycles. The van der Waals surface area contributed by atoms with Gasteiger partial charge in [-0.05, 0) is 6.07 Å². The fourth-order valence-corrected chi connectivity index (χ4v) is 1.74. The minimum atomic E-state index is -4.60. The summed E-state index contributed by atoms with van der Waals surface area (Å²) in [5.74, 6) is -2.18. The molecule has 1 aromatic heterocycles. The summed E-state index contributed by atoms with van der Waals surface area (Å²) in [7, 11) is -4.60. The summed E-state index contributed by atoms with van der Waals surface area (Å²) in [6, 6.07) is 0.563. The Kier molecular flexibility index (Phi) is 2.86. The number of nitrogen functional groups attached to an aromatic ring is 1. The normalized spacial score (nSPS) is 12.1. The van der Waals surface area contributed by atoms with E-state index in [4.69, 9.17) is 5.73 Å². The van der Waals surface area contributed by atoms with E-state index in [0.717, 1.165) is 0 Å². The standard InChI is InChI=1S/C6H6F3N3O2S/c7-5(8)2-1-3(10)12-6(9)4(2)15(11,13)14/h1,5H,(H2,10,12)(H2,11,13,14). The van der Waals surface area contributed by atoms with E-state index in [1.54, 1.807) is 0 Å². The second-order valence-corrected chi connectivity index (χ2v) is 4.10. The van der Waals surface area contributed by atoms with Gasteiger partial charge in [0, 0.05) is 5.56 Å². The first kappa shape index (κ1) is 11.7. The van der Waals surface area contributed by atoms with Gasteiger partial charge in [0.05, 0.1) is 0 Å². The van der Waals surface area contributed by atoms with Crippen LogP contribution in [-0.2, 0) is 10.0 Å². The Balaban J connectivity index is 3.62. The SMILES string of the molecule is Nc1cc(C(F)F)c(S(N)(=O)=O)c(F)n1. The van der Waals surface area contributed by atoms with Crippen LogP contribution in [0.25, 0.3) is 0 Å². The van der Waals surface area contributed by atoms with Crippen LogP contribution >= 0.6 is 0 Å². The largest absolute Gasteiger partial charge is 0.384 e. The fraction of sp³-hybridized carbons (Fsp3) is 0.167. The molecule has 0 aliphatic carbocycles. The molecule has 1 heterocycles. The average molecular weight is 241 g/mol. The van der Waals surface area contributed by atoms with E-state index in [1.165, 1.54) is 0 Å². The fourth-order valence-electron chi connectivity index (χ4n) is 0.984. The van der Waals surface area contributed by atoms with E-state index in [-0.39, 0.29) is 0 Å². The Labute approximate surface area is 83.0 Å². The minimum Gasteiger partial charge on any atom is -0.384 e. The van der Waals surface area contributed by atoms with Gasteiger partial charge in [0.1, 0.15) is 10.7 Å². The maximum Gasteiger partial charge on any atom is 0.265 e. The van der Waals surface area contributed by atoms with Crippen molar-refractivity contribution in [3.8, 4) is 0 Å². The molecular weight excluding hydrogens is 235 g/mol. The predicted octanol–water partition coefficient (Wildman–Crippen LogP) is 0.388. The number of nitrogens with zero attached hydrogens (tertiary/aromatic N) is 1. The van der Waals surface area contributed by atoms with Crippen molar-refractivity contribution in [2.75, 3.05) is 5.73 Å². The number of aromatic nitrogens is 1. The summed E-state index contributed by atoms with van der Waals surface area (Å²) in [6.45, 7) is 0. The first-order valence-electron chi connectivity index (χ1n) is 3.50. The van der Waals surface area contributed by atoms with E-state index in [0.29, 0.717) is 6.07 Å². The van der Waals surface area contributed by atoms with Crippen LogP contribution in [0, 0.1) is 5.95 Å². The number of primary sulfonamides is 1. The predicted molar refractivity (Wildman–Crippen MR) is 44.9 cm³/mol. The first-order valence-corrected chi connectivity index (χ1v) is 5.05. The van der Waals surface area contributed by atoms with Gasteiger partial charge in [0.15, 0.2) is 0 Å². The van der Waals surface area contributed by atoms with Crippen molar-refractivity contribution in [2.24, 2.45) is 5.14 Å². The molecule has 1 rings (SSSR count). The van der Waals surface area contributed by atoms with Gasteiger partial charge >= 0.3 is 0 Å². The van der Waals surface area contributed by atoms with Gasteiger partial charge in [-0.15, -0.1) is 0 Å². The highest BCUT2D eigenvalue weighted by atomic mass is 32.2. The Morgan fingerprint density at radius 3 is 2.33 bits per heavy atom. The van der Waals surface area contributed by atoms with Gasteiger partial charge in [0.2, 0.25) is 16.0 Å². The second-order valence-electron chi connectivity index (χ2n) is 2.60. The molecule has 4 N–H and O–H groups in total. The van der Waals surface area contributed by atoms with Crippen LogP contribution in [0.1, 0.15) is 12.0 Å². The molecule has 0 spiro atoms. The second kappa shape index (κ2) is 3.66. The van der Waals surface area contributed by atoms with Crippen molar-refractivity contribution in [3.05, 3.63) is 17.6 Å². The van der Waals surface area contributed by atoms with Crippen molar-refractivity contribution in [1.29, 1.82) is 0 Å². The van der Waals surface area contributed by atoms with Crippen molar-refractivity contribution in [3.63, 3.8) is 0 Å². The molecule has 0 saturated heterocycles. The molecule has 5 nitrogen and oxygen atoms in total. The number of sulfonamides is 1. The van der Waals surface area contributed by atoms with Crippen molar-refractivity contribution in [1.82, 2.24) is 4.98 Å². The number of pyridine rings is 1. The summed E-state index contributed by atoms with van der Waals surface area (Å²) < 4.78 is 59.3. The lowest BCUT2D eigenvalue weighted by atomic mass is 10.2. The molecule has 1 aromatic rings. The molecule has 0 atom stereocenters. The van der Waals surface area contributed by atoms with Crippen LogP contribution in [0.2, 0.25) is 0 Å². The number of halogens is 3. The summed E-state index contributed by atoms with van der Waals surface area (Å²) in [6.07, 6.45) is -3.21. The zero-order chi connectivity index (χ0) is 11.8. The molecule has 0 bridgehead atoms. The van der Waals surface area contributed by atoms with E-state index >= 15 is 0 Å². The van der Waals surface area contributed by atoms with E-state index in [1.807, 2.05) is 0 Å². The monoisotopic (exact) mass is 241 g/mol. The molecule has 84 valence electrons. The Hall–Kier alpha value is -1.35. The van der Waals surface area contributed by atoms with Crippen molar-refractivity contribution >= 4 is 15.8 Å². The number of hydrogen-bond donors (Lipinski definition) is 2. The maximum atomic E-state index is 13.0. The van der Waals surface area contributed by atoms with Gasteiger partial charge in [-0.1, -0.05) is 0 Å². The van der Waals surface area contributed by atoms with Crippen molar-refractivity contribution in [2.45, 2.75) is 11.3 Å². The highest BCUT2D eigenvalue weighted by Crippen LogP contribution is 2.28. The van der Waals surface area contributed by atoms with Crippen LogP contribution < -0.4 is 10.9 Å². The molecule has 0 amide bonds. The van der Waals surface area contributed by atoms with E-state index in [9.17, 15) is 21.6 Å². The molecule has 0 aliphatic rings. The number of hydrogen-bond acceptors (Lipinski definition) is 4. The summed E-state index contributed by atoms with van der Waals surface area (Å²) >= 11 is 0. The first-order chi connectivity index (χ1) is 6.73. The molecule has 0 aliphatic heterocycles.